The van der Waals surface area contributed by atoms with Crippen LogP contribution in [-0.4, -0.2) is 20.4 Å². The minimum atomic E-state index is -0.430. The number of H-pyrrole nitrogens is 1. The average molecular weight is 324 g/mol. The van der Waals surface area contributed by atoms with Gasteiger partial charge in [-0.2, -0.15) is 0 Å². The topological polar surface area (TPSA) is 79.8 Å². The predicted molar refractivity (Wildman–Crippen MR) is 94.5 cm³/mol. The maximum atomic E-state index is 12.4. The van der Waals surface area contributed by atoms with Gasteiger partial charge in [0.1, 0.15) is 5.56 Å². The molecule has 0 radical (unpaired) electrons. The molecule has 0 saturated heterocycles. The Morgan fingerprint density at radius 2 is 2.08 bits per heavy atom. The Bertz CT molecular complexity index is 953. The molecule has 24 heavy (non-hydrogen) atoms. The molecule has 1 aromatic carbocycles. The standard InChI is InChI=1S/C18H20N4O2/c1-4-22-10-19-15-9-12(5-8-16(15)22)20-17(23)13-6-7-14(11(2)3)21-18(13)24/h5-11H,4H2,1-3H3,(H,20,23)(H,21,24). The van der Waals surface area contributed by atoms with Crippen molar-refractivity contribution in [3.8, 4) is 0 Å². The summed E-state index contributed by atoms with van der Waals surface area (Å²) >= 11 is 0. The molecule has 1 amide bonds. The molecule has 3 rings (SSSR count). The van der Waals surface area contributed by atoms with Gasteiger partial charge in [0.15, 0.2) is 0 Å². The van der Waals surface area contributed by atoms with E-state index in [4.69, 9.17) is 0 Å². The van der Waals surface area contributed by atoms with E-state index >= 15 is 0 Å². The molecule has 124 valence electrons. The van der Waals surface area contributed by atoms with E-state index in [0.717, 1.165) is 23.3 Å². The summed E-state index contributed by atoms with van der Waals surface area (Å²) in [5.41, 5.74) is 2.95. The fourth-order valence-corrected chi connectivity index (χ4v) is 2.60. The van der Waals surface area contributed by atoms with Crippen LogP contribution in [0, 0.1) is 0 Å². The van der Waals surface area contributed by atoms with Gasteiger partial charge in [-0.05, 0) is 43.2 Å². The molecule has 2 heterocycles. The lowest BCUT2D eigenvalue weighted by molar-refractivity contribution is 0.102. The van der Waals surface area contributed by atoms with E-state index in [0.29, 0.717) is 5.69 Å². The third-order valence-electron chi connectivity index (χ3n) is 4.02. The molecule has 3 aromatic rings. The molecule has 0 bridgehead atoms. The summed E-state index contributed by atoms with van der Waals surface area (Å²) in [6.07, 6.45) is 1.77. The van der Waals surface area contributed by atoms with E-state index in [1.165, 1.54) is 0 Å². The number of benzene rings is 1. The molecule has 0 atom stereocenters. The lowest BCUT2D eigenvalue weighted by atomic mass is 10.1. The Hall–Kier alpha value is -2.89. The zero-order valence-corrected chi connectivity index (χ0v) is 14.0. The van der Waals surface area contributed by atoms with Crippen molar-refractivity contribution in [3.05, 3.63) is 58.3 Å². The van der Waals surface area contributed by atoms with Crippen molar-refractivity contribution >= 4 is 22.6 Å². The third-order valence-corrected chi connectivity index (χ3v) is 4.02. The molecule has 0 unspecified atom stereocenters. The highest BCUT2D eigenvalue weighted by molar-refractivity contribution is 6.04. The zero-order valence-electron chi connectivity index (χ0n) is 14.0. The summed E-state index contributed by atoms with van der Waals surface area (Å²) in [6, 6.07) is 8.86. The van der Waals surface area contributed by atoms with E-state index in [1.807, 2.05) is 37.5 Å². The highest BCUT2D eigenvalue weighted by atomic mass is 16.2. The van der Waals surface area contributed by atoms with Crippen LogP contribution < -0.4 is 10.9 Å². The van der Waals surface area contributed by atoms with Crippen LogP contribution in [0.2, 0.25) is 0 Å². The van der Waals surface area contributed by atoms with Crippen LogP contribution in [0.25, 0.3) is 11.0 Å². The molecule has 0 spiro atoms. The molecule has 6 nitrogen and oxygen atoms in total. The number of fused-ring (bicyclic) bond motifs is 1. The maximum absolute atomic E-state index is 12.4. The van der Waals surface area contributed by atoms with Gasteiger partial charge in [-0.15, -0.1) is 0 Å². The number of amides is 1. The number of hydrogen-bond acceptors (Lipinski definition) is 3. The molecule has 0 saturated carbocycles. The number of nitrogens with zero attached hydrogens (tertiary/aromatic N) is 2. The van der Waals surface area contributed by atoms with Gasteiger partial charge in [0, 0.05) is 17.9 Å². The Labute approximate surface area is 139 Å². The van der Waals surface area contributed by atoms with Crippen LogP contribution >= 0.6 is 0 Å². The van der Waals surface area contributed by atoms with Gasteiger partial charge in [-0.1, -0.05) is 13.8 Å². The summed E-state index contributed by atoms with van der Waals surface area (Å²) in [4.78, 5) is 31.5. The van der Waals surface area contributed by atoms with Crippen LogP contribution in [0.3, 0.4) is 0 Å². The second kappa shape index (κ2) is 6.31. The first-order chi connectivity index (χ1) is 11.5. The zero-order chi connectivity index (χ0) is 17.3. The van der Waals surface area contributed by atoms with E-state index in [-0.39, 0.29) is 17.0 Å². The predicted octanol–water partition coefficient (Wildman–Crippen LogP) is 3.12. The number of carbonyl (C=O) groups is 1. The van der Waals surface area contributed by atoms with Crippen LogP contribution in [0.1, 0.15) is 42.7 Å². The number of carbonyl (C=O) groups excluding carboxylic acids is 1. The van der Waals surface area contributed by atoms with Crippen molar-refractivity contribution in [3.63, 3.8) is 0 Å². The lowest BCUT2D eigenvalue weighted by Crippen LogP contribution is -2.24. The van der Waals surface area contributed by atoms with Gasteiger partial charge in [0.2, 0.25) is 0 Å². The molecular formula is C18H20N4O2. The highest BCUT2D eigenvalue weighted by Gasteiger charge is 2.13. The molecule has 2 aromatic heterocycles. The maximum Gasteiger partial charge on any atom is 0.261 e. The van der Waals surface area contributed by atoms with Crippen molar-refractivity contribution in [1.82, 2.24) is 14.5 Å². The number of pyridine rings is 1. The molecule has 2 N–H and O–H groups in total. The minimum Gasteiger partial charge on any atom is -0.331 e. The van der Waals surface area contributed by atoms with Crippen LogP contribution in [0.4, 0.5) is 5.69 Å². The van der Waals surface area contributed by atoms with Gasteiger partial charge < -0.3 is 14.9 Å². The molecule has 0 fully saturated rings. The summed E-state index contributed by atoms with van der Waals surface area (Å²) in [5.74, 6) is -0.230. The van der Waals surface area contributed by atoms with Crippen molar-refractivity contribution in [1.29, 1.82) is 0 Å². The summed E-state index contributed by atoms with van der Waals surface area (Å²) in [5, 5.41) is 2.76. The lowest BCUT2D eigenvalue weighted by Gasteiger charge is -2.08. The Morgan fingerprint density at radius 1 is 1.29 bits per heavy atom. The molecule has 0 aliphatic rings. The number of rotatable bonds is 4. The molecular weight excluding hydrogens is 304 g/mol. The first-order valence-corrected chi connectivity index (χ1v) is 7.99. The smallest absolute Gasteiger partial charge is 0.261 e. The Kier molecular flexibility index (Phi) is 4.20. The molecule has 0 aliphatic carbocycles. The van der Waals surface area contributed by atoms with Crippen LogP contribution in [0.5, 0.6) is 0 Å². The van der Waals surface area contributed by atoms with Gasteiger partial charge >= 0.3 is 0 Å². The molecule has 6 heteroatoms. The van der Waals surface area contributed by atoms with Crippen LogP contribution in [-0.2, 0) is 6.54 Å². The highest BCUT2D eigenvalue weighted by Crippen LogP contribution is 2.18. The molecule has 0 aliphatic heterocycles. The summed E-state index contributed by atoms with van der Waals surface area (Å²) < 4.78 is 2.02. The SMILES string of the molecule is CCn1cnc2cc(NC(=O)c3ccc(C(C)C)[nH]c3=O)ccc21. The van der Waals surface area contributed by atoms with Crippen molar-refractivity contribution in [2.24, 2.45) is 0 Å². The minimum absolute atomic E-state index is 0.0959. The second-order valence-corrected chi connectivity index (χ2v) is 6.00. The quantitative estimate of drug-likeness (QED) is 0.774. The normalized spacial score (nSPS) is 11.2. The van der Waals surface area contributed by atoms with Crippen molar-refractivity contribution in [2.75, 3.05) is 5.32 Å². The second-order valence-electron chi connectivity index (χ2n) is 6.00. The third kappa shape index (κ3) is 2.95. The van der Waals surface area contributed by atoms with E-state index in [1.54, 1.807) is 24.5 Å². The largest absolute Gasteiger partial charge is 0.331 e. The fourth-order valence-electron chi connectivity index (χ4n) is 2.60. The monoisotopic (exact) mass is 324 g/mol. The Balaban J connectivity index is 1.86. The first kappa shape index (κ1) is 16.0. The number of aromatic amines is 1. The number of nitrogens with one attached hydrogen (secondary N) is 2. The number of imidazole rings is 1. The number of aromatic nitrogens is 3. The fraction of sp³-hybridized carbons (Fsp3) is 0.278. The van der Waals surface area contributed by atoms with E-state index < -0.39 is 5.91 Å². The van der Waals surface area contributed by atoms with Gasteiger partial charge in [-0.25, -0.2) is 4.98 Å². The average Bonchev–Trinajstić information content (AvgIpc) is 2.96. The van der Waals surface area contributed by atoms with Gasteiger partial charge in [-0.3, -0.25) is 9.59 Å². The van der Waals surface area contributed by atoms with E-state index in [9.17, 15) is 9.59 Å². The Morgan fingerprint density at radius 3 is 2.75 bits per heavy atom. The number of hydrogen-bond donors (Lipinski definition) is 2. The van der Waals surface area contributed by atoms with Gasteiger partial charge in [0.05, 0.1) is 17.4 Å². The summed E-state index contributed by atoms with van der Waals surface area (Å²) in [6.45, 7) is 6.84. The van der Waals surface area contributed by atoms with Gasteiger partial charge in [0.25, 0.3) is 11.5 Å². The van der Waals surface area contributed by atoms with Crippen LogP contribution in [0.15, 0.2) is 41.5 Å². The summed E-state index contributed by atoms with van der Waals surface area (Å²) in [7, 11) is 0. The van der Waals surface area contributed by atoms with E-state index in [2.05, 4.69) is 15.3 Å². The van der Waals surface area contributed by atoms with Crippen molar-refractivity contribution < 1.29 is 4.79 Å². The van der Waals surface area contributed by atoms with Crippen molar-refractivity contribution in [2.45, 2.75) is 33.2 Å². The first-order valence-electron chi connectivity index (χ1n) is 7.99. The number of anilines is 1. The number of aryl methyl sites for hydroxylation is 1.